The number of thiazole rings is 1. The van der Waals surface area contributed by atoms with Crippen LogP contribution in [0.4, 0.5) is 5.13 Å². The van der Waals surface area contributed by atoms with Gasteiger partial charge in [0.25, 0.3) is 0 Å². The van der Waals surface area contributed by atoms with E-state index in [4.69, 9.17) is 5.11 Å². The van der Waals surface area contributed by atoms with Crippen LogP contribution in [0, 0.1) is 11.8 Å². The number of aromatic nitrogens is 1. The van der Waals surface area contributed by atoms with Gasteiger partial charge in [0.1, 0.15) is 0 Å². The molecule has 3 N–H and O–H groups in total. The number of nitrogens with zero attached hydrogens (tertiary/aromatic N) is 1. The minimum Gasteiger partial charge on any atom is -0.395 e. The van der Waals surface area contributed by atoms with Crippen LogP contribution in [-0.2, 0) is 10.2 Å². The van der Waals surface area contributed by atoms with Crippen molar-refractivity contribution in [3.05, 3.63) is 11.1 Å². The Labute approximate surface area is 111 Å². The summed E-state index contributed by atoms with van der Waals surface area (Å²) < 4.78 is 27.7. The van der Waals surface area contributed by atoms with Gasteiger partial charge >= 0.3 is 10.2 Å². The van der Waals surface area contributed by atoms with Gasteiger partial charge in [-0.25, -0.2) is 9.71 Å². The average molecular weight is 289 g/mol. The van der Waals surface area contributed by atoms with Crippen LogP contribution in [0.3, 0.4) is 0 Å². The SMILES string of the molecule is CCCNS(=O)(=O)Nc1ncc(C#CCCO)s1. The van der Waals surface area contributed by atoms with Gasteiger partial charge in [0, 0.05) is 13.0 Å². The second-order valence-corrected chi connectivity index (χ2v) is 5.84. The first-order valence-electron chi connectivity index (χ1n) is 5.40. The predicted octanol–water partition coefficient (Wildman–Crippen LogP) is 0.533. The number of anilines is 1. The zero-order chi connectivity index (χ0) is 13.4. The summed E-state index contributed by atoms with van der Waals surface area (Å²) in [5, 5.41) is 8.84. The van der Waals surface area contributed by atoms with Gasteiger partial charge in [0.2, 0.25) is 0 Å². The highest BCUT2D eigenvalue weighted by Crippen LogP contribution is 2.17. The topological polar surface area (TPSA) is 91.3 Å². The monoisotopic (exact) mass is 289 g/mol. The first kappa shape index (κ1) is 14.9. The third kappa shape index (κ3) is 5.46. The molecule has 1 rings (SSSR count). The van der Waals surface area contributed by atoms with E-state index >= 15 is 0 Å². The summed E-state index contributed by atoms with van der Waals surface area (Å²) in [7, 11) is -3.55. The van der Waals surface area contributed by atoms with Crippen molar-refractivity contribution in [2.45, 2.75) is 19.8 Å². The van der Waals surface area contributed by atoms with E-state index in [0.717, 1.165) is 17.8 Å². The van der Waals surface area contributed by atoms with E-state index in [1.165, 1.54) is 6.20 Å². The summed E-state index contributed by atoms with van der Waals surface area (Å²) in [5.41, 5.74) is 0. The lowest BCUT2D eigenvalue weighted by Crippen LogP contribution is -2.30. The van der Waals surface area contributed by atoms with Crippen LogP contribution >= 0.6 is 11.3 Å². The molecule has 1 aromatic rings. The Bertz CT molecular complexity index is 528. The fourth-order valence-electron chi connectivity index (χ4n) is 0.972. The molecule has 0 atom stereocenters. The van der Waals surface area contributed by atoms with Gasteiger partial charge in [0.05, 0.1) is 17.7 Å². The lowest BCUT2D eigenvalue weighted by molar-refractivity contribution is 0.305. The van der Waals surface area contributed by atoms with Crippen molar-refractivity contribution in [2.24, 2.45) is 0 Å². The first-order chi connectivity index (χ1) is 8.57. The molecule has 18 heavy (non-hydrogen) atoms. The Morgan fingerprint density at radius 2 is 2.33 bits per heavy atom. The van der Waals surface area contributed by atoms with Gasteiger partial charge in [-0.15, -0.1) is 0 Å². The molecule has 0 aliphatic carbocycles. The minimum atomic E-state index is -3.55. The Balaban J connectivity index is 2.62. The Hall–Kier alpha value is -1.14. The smallest absolute Gasteiger partial charge is 0.300 e. The van der Waals surface area contributed by atoms with E-state index < -0.39 is 10.2 Å². The number of aliphatic hydroxyl groups is 1. The van der Waals surface area contributed by atoms with Crippen molar-refractivity contribution < 1.29 is 13.5 Å². The molecule has 0 amide bonds. The molecule has 0 radical (unpaired) electrons. The molecular weight excluding hydrogens is 274 g/mol. The highest BCUT2D eigenvalue weighted by Gasteiger charge is 2.10. The van der Waals surface area contributed by atoms with Gasteiger partial charge in [-0.1, -0.05) is 30.1 Å². The van der Waals surface area contributed by atoms with E-state index in [9.17, 15) is 8.42 Å². The van der Waals surface area contributed by atoms with Crippen molar-refractivity contribution in [3.8, 4) is 11.8 Å². The van der Waals surface area contributed by atoms with Crippen molar-refractivity contribution in [1.29, 1.82) is 0 Å². The molecule has 0 saturated heterocycles. The fourth-order valence-corrected chi connectivity index (χ4v) is 2.84. The van der Waals surface area contributed by atoms with Crippen LogP contribution in [0.25, 0.3) is 0 Å². The second kappa shape index (κ2) is 7.33. The zero-order valence-electron chi connectivity index (χ0n) is 9.93. The lowest BCUT2D eigenvalue weighted by Gasteiger charge is -2.04. The quantitative estimate of drug-likeness (QED) is 0.666. The van der Waals surface area contributed by atoms with Gasteiger partial charge in [-0.05, 0) is 6.42 Å². The summed E-state index contributed by atoms with van der Waals surface area (Å²) in [4.78, 5) is 4.56. The zero-order valence-corrected chi connectivity index (χ0v) is 11.6. The van der Waals surface area contributed by atoms with Crippen LogP contribution in [-0.4, -0.2) is 31.7 Å². The van der Waals surface area contributed by atoms with E-state index in [0.29, 0.717) is 17.8 Å². The molecule has 0 aliphatic rings. The number of aliphatic hydroxyl groups excluding tert-OH is 1. The maximum absolute atomic E-state index is 11.5. The van der Waals surface area contributed by atoms with Crippen LogP contribution in [0.2, 0.25) is 0 Å². The Kier molecular flexibility index (Phi) is 6.07. The summed E-state index contributed by atoms with van der Waals surface area (Å²) in [6.07, 6.45) is 2.60. The number of rotatable bonds is 6. The maximum atomic E-state index is 11.5. The molecule has 1 aromatic heterocycles. The van der Waals surface area contributed by atoms with Crippen LogP contribution in [0.5, 0.6) is 0 Å². The lowest BCUT2D eigenvalue weighted by atomic mass is 10.4. The summed E-state index contributed by atoms with van der Waals surface area (Å²) in [5.74, 6) is 5.53. The average Bonchev–Trinajstić information content (AvgIpc) is 2.74. The van der Waals surface area contributed by atoms with Crippen molar-refractivity contribution in [3.63, 3.8) is 0 Å². The maximum Gasteiger partial charge on any atom is 0.300 e. The van der Waals surface area contributed by atoms with Crippen LogP contribution in [0.15, 0.2) is 6.20 Å². The third-order valence-corrected chi connectivity index (χ3v) is 3.72. The molecule has 6 nitrogen and oxygen atoms in total. The molecule has 0 fully saturated rings. The molecule has 0 bridgehead atoms. The molecule has 1 heterocycles. The van der Waals surface area contributed by atoms with E-state index in [2.05, 4.69) is 26.3 Å². The summed E-state index contributed by atoms with van der Waals surface area (Å²) in [6.45, 7) is 2.26. The van der Waals surface area contributed by atoms with E-state index in [-0.39, 0.29) is 11.7 Å². The third-order valence-electron chi connectivity index (χ3n) is 1.72. The number of nitrogens with one attached hydrogen (secondary N) is 2. The molecule has 0 aromatic carbocycles. The highest BCUT2D eigenvalue weighted by atomic mass is 32.2. The number of hydrogen-bond donors (Lipinski definition) is 3. The Morgan fingerprint density at radius 3 is 3.00 bits per heavy atom. The normalized spacial score (nSPS) is 10.8. The number of hydrogen-bond acceptors (Lipinski definition) is 5. The minimum absolute atomic E-state index is 0.00618. The molecule has 0 saturated carbocycles. The largest absolute Gasteiger partial charge is 0.395 e. The second-order valence-electron chi connectivity index (χ2n) is 3.30. The molecule has 8 heteroatoms. The molecular formula is C10H15N3O3S2. The van der Waals surface area contributed by atoms with Crippen molar-refractivity contribution in [1.82, 2.24) is 9.71 Å². The Morgan fingerprint density at radius 1 is 1.56 bits per heavy atom. The molecule has 100 valence electrons. The van der Waals surface area contributed by atoms with Crippen molar-refractivity contribution >= 4 is 26.7 Å². The van der Waals surface area contributed by atoms with Gasteiger partial charge < -0.3 is 5.11 Å². The standard InChI is InChI=1S/C10H15N3O3S2/c1-2-6-12-18(15,16)13-10-11-8-9(17-10)5-3-4-7-14/h8,12,14H,2,4,6-7H2,1H3,(H,11,13). The predicted molar refractivity (Wildman–Crippen MR) is 71.5 cm³/mol. The highest BCUT2D eigenvalue weighted by molar-refractivity contribution is 7.91. The van der Waals surface area contributed by atoms with Gasteiger partial charge in [0.15, 0.2) is 5.13 Å². The summed E-state index contributed by atoms with van der Waals surface area (Å²) >= 11 is 1.15. The summed E-state index contributed by atoms with van der Waals surface area (Å²) in [6, 6.07) is 0. The molecule has 0 aliphatic heterocycles. The van der Waals surface area contributed by atoms with E-state index in [1.54, 1.807) is 0 Å². The molecule has 0 spiro atoms. The van der Waals surface area contributed by atoms with E-state index in [1.807, 2.05) is 6.92 Å². The molecule has 0 unspecified atom stereocenters. The van der Waals surface area contributed by atoms with Gasteiger partial charge in [-0.3, -0.25) is 0 Å². The fraction of sp³-hybridized carbons (Fsp3) is 0.500. The van der Waals surface area contributed by atoms with Crippen LogP contribution < -0.4 is 9.44 Å². The van der Waals surface area contributed by atoms with Gasteiger partial charge in [-0.2, -0.15) is 13.1 Å². The van der Waals surface area contributed by atoms with Crippen molar-refractivity contribution in [2.75, 3.05) is 17.9 Å². The van der Waals surface area contributed by atoms with Crippen LogP contribution in [0.1, 0.15) is 24.6 Å². The first-order valence-corrected chi connectivity index (χ1v) is 7.70.